The van der Waals surface area contributed by atoms with E-state index in [1.165, 1.54) is 6.20 Å². The third-order valence-corrected chi connectivity index (χ3v) is 4.68. The maximum Gasteiger partial charge on any atom is 0.255 e. The SMILES string of the molecule is O=C1CCCC1C1CCCN1C(=O)c1ccncc1Cl. The molecule has 0 bridgehead atoms. The Balaban J connectivity index is 1.83. The Morgan fingerprint density at radius 2 is 2.20 bits per heavy atom. The van der Waals surface area contributed by atoms with E-state index in [0.29, 0.717) is 29.3 Å². The third-order valence-electron chi connectivity index (χ3n) is 4.38. The number of carbonyl (C=O) groups is 2. The zero-order valence-electron chi connectivity index (χ0n) is 11.2. The van der Waals surface area contributed by atoms with Gasteiger partial charge < -0.3 is 4.90 Å². The molecule has 2 fully saturated rings. The molecule has 0 radical (unpaired) electrons. The topological polar surface area (TPSA) is 50.3 Å². The van der Waals surface area contributed by atoms with Gasteiger partial charge in [-0.2, -0.15) is 0 Å². The van der Waals surface area contributed by atoms with Crippen LogP contribution in [0.15, 0.2) is 18.5 Å². The van der Waals surface area contributed by atoms with Crippen LogP contribution in [0.3, 0.4) is 0 Å². The zero-order chi connectivity index (χ0) is 14.1. The molecule has 4 nitrogen and oxygen atoms in total. The van der Waals surface area contributed by atoms with Crippen LogP contribution in [-0.2, 0) is 4.79 Å². The van der Waals surface area contributed by atoms with Crippen molar-refractivity contribution >= 4 is 23.3 Å². The van der Waals surface area contributed by atoms with Gasteiger partial charge >= 0.3 is 0 Å². The van der Waals surface area contributed by atoms with Crippen LogP contribution in [0.2, 0.25) is 5.02 Å². The van der Waals surface area contributed by atoms with E-state index in [1.54, 1.807) is 12.3 Å². The van der Waals surface area contributed by atoms with E-state index < -0.39 is 0 Å². The number of pyridine rings is 1. The van der Waals surface area contributed by atoms with Gasteiger partial charge in [-0.05, 0) is 31.7 Å². The summed E-state index contributed by atoms with van der Waals surface area (Å²) in [4.78, 5) is 30.4. The highest BCUT2D eigenvalue weighted by atomic mass is 35.5. The van der Waals surface area contributed by atoms with Gasteiger partial charge in [-0.1, -0.05) is 11.6 Å². The second kappa shape index (κ2) is 5.52. The largest absolute Gasteiger partial charge is 0.335 e. The van der Waals surface area contributed by atoms with Crippen molar-refractivity contribution in [2.45, 2.75) is 38.1 Å². The number of likely N-dealkylation sites (tertiary alicyclic amines) is 1. The molecule has 3 rings (SSSR count). The first-order valence-corrected chi connectivity index (χ1v) is 7.49. The molecule has 1 aliphatic heterocycles. The number of ketones is 1. The smallest absolute Gasteiger partial charge is 0.255 e. The van der Waals surface area contributed by atoms with Gasteiger partial charge in [-0.3, -0.25) is 14.6 Å². The fourth-order valence-corrected chi connectivity index (χ4v) is 3.62. The molecule has 1 aliphatic carbocycles. The van der Waals surface area contributed by atoms with E-state index in [1.807, 2.05) is 4.90 Å². The summed E-state index contributed by atoms with van der Waals surface area (Å²) in [5, 5.41) is 0.376. The molecule has 20 heavy (non-hydrogen) atoms. The lowest BCUT2D eigenvalue weighted by Crippen LogP contribution is -2.41. The van der Waals surface area contributed by atoms with Crippen molar-refractivity contribution in [2.75, 3.05) is 6.54 Å². The number of nitrogens with zero attached hydrogens (tertiary/aromatic N) is 2. The third kappa shape index (κ3) is 2.33. The lowest BCUT2D eigenvalue weighted by Gasteiger charge is -2.28. The molecule has 0 aromatic carbocycles. The quantitative estimate of drug-likeness (QED) is 0.842. The van der Waals surface area contributed by atoms with Crippen LogP contribution in [0, 0.1) is 5.92 Å². The van der Waals surface area contributed by atoms with E-state index in [0.717, 1.165) is 25.7 Å². The Morgan fingerprint density at radius 1 is 1.35 bits per heavy atom. The number of rotatable bonds is 2. The molecule has 1 saturated carbocycles. The molecule has 2 unspecified atom stereocenters. The molecule has 2 aliphatic rings. The van der Waals surface area contributed by atoms with Crippen LogP contribution in [0.5, 0.6) is 0 Å². The Hall–Kier alpha value is -1.42. The Morgan fingerprint density at radius 3 is 2.90 bits per heavy atom. The van der Waals surface area contributed by atoms with Crippen molar-refractivity contribution in [1.29, 1.82) is 0 Å². The molecule has 106 valence electrons. The van der Waals surface area contributed by atoms with E-state index in [9.17, 15) is 9.59 Å². The van der Waals surface area contributed by atoms with Crippen molar-refractivity contribution in [2.24, 2.45) is 5.92 Å². The maximum absolute atomic E-state index is 12.6. The molecule has 1 saturated heterocycles. The fourth-order valence-electron chi connectivity index (χ4n) is 3.42. The number of hydrogen-bond donors (Lipinski definition) is 0. The lowest BCUT2D eigenvalue weighted by atomic mass is 9.95. The summed E-state index contributed by atoms with van der Waals surface area (Å²) < 4.78 is 0. The predicted molar refractivity (Wildman–Crippen MR) is 75.7 cm³/mol. The highest BCUT2D eigenvalue weighted by Crippen LogP contribution is 2.34. The Bertz CT molecular complexity index is 546. The standard InChI is InChI=1S/C15H17ClN2O2/c16-12-9-17-7-6-10(12)15(20)18-8-2-4-13(18)11-3-1-5-14(11)19/h6-7,9,11,13H,1-5,8H2. The van der Waals surface area contributed by atoms with Gasteiger partial charge in [0.1, 0.15) is 5.78 Å². The second-order valence-electron chi connectivity index (χ2n) is 5.53. The second-order valence-corrected chi connectivity index (χ2v) is 5.94. The average molecular weight is 293 g/mol. The number of amides is 1. The summed E-state index contributed by atoms with van der Waals surface area (Å²) in [5.74, 6) is 0.275. The first kappa shape index (κ1) is 13.6. The Labute approximate surface area is 123 Å². The molecule has 1 aromatic heterocycles. The fraction of sp³-hybridized carbons (Fsp3) is 0.533. The van der Waals surface area contributed by atoms with Gasteiger partial charge in [0.2, 0.25) is 0 Å². The minimum absolute atomic E-state index is 0.0297. The van der Waals surface area contributed by atoms with Crippen molar-refractivity contribution in [3.8, 4) is 0 Å². The van der Waals surface area contributed by atoms with Gasteiger partial charge in [0, 0.05) is 37.3 Å². The van der Waals surface area contributed by atoms with Gasteiger partial charge in [0.15, 0.2) is 0 Å². The number of Topliss-reactive ketones (excluding diaryl/α,β-unsaturated/α-hetero) is 1. The molecule has 1 amide bonds. The van der Waals surface area contributed by atoms with Crippen molar-refractivity contribution in [1.82, 2.24) is 9.88 Å². The summed E-state index contributed by atoms with van der Waals surface area (Å²) in [6, 6.07) is 1.71. The highest BCUT2D eigenvalue weighted by molar-refractivity contribution is 6.33. The molecule has 5 heteroatoms. The van der Waals surface area contributed by atoms with Crippen LogP contribution in [0.4, 0.5) is 0 Å². The number of carbonyl (C=O) groups excluding carboxylic acids is 2. The van der Waals surface area contributed by atoms with Crippen LogP contribution in [0.25, 0.3) is 0 Å². The van der Waals surface area contributed by atoms with Crippen molar-refractivity contribution in [3.05, 3.63) is 29.0 Å². The van der Waals surface area contributed by atoms with E-state index in [2.05, 4.69) is 4.98 Å². The summed E-state index contributed by atoms with van der Waals surface area (Å²) in [6.07, 6.45) is 7.48. The first-order chi connectivity index (χ1) is 9.68. The Kier molecular flexibility index (Phi) is 3.74. The monoisotopic (exact) mass is 292 g/mol. The number of halogens is 1. The van der Waals surface area contributed by atoms with Crippen LogP contribution in [0.1, 0.15) is 42.5 Å². The van der Waals surface area contributed by atoms with Crippen LogP contribution in [-0.4, -0.2) is 34.2 Å². The molecule has 2 heterocycles. The average Bonchev–Trinajstić information content (AvgIpc) is 3.06. The van der Waals surface area contributed by atoms with Gasteiger partial charge in [-0.25, -0.2) is 0 Å². The molecule has 1 aromatic rings. The van der Waals surface area contributed by atoms with Crippen molar-refractivity contribution in [3.63, 3.8) is 0 Å². The molecular weight excluding hydrogens is 276 g/mol. The maximum atomic E-state index is 12.6. The van der Waals surface area contributed by atoms with Gasteiger partial charge in [0.05, 0.1) is 10.6 Å². The molecule has 2 atom stereocenters. The minimum atomic E-state index is -0.0698. The molecule has 0 spiro atoms. The number of hydrogen-bond acceptors (Lipinski definition) is 3. The summed E-state index contributed by atoms with van der Waals surface area (Å²) in [5.41, 5.74) is 0.485. The van der Waals surface area contributed by atoms with Crippen LogP contribution < -0.4 is 0 Å². The summed E-state index contributed by atoms with van der Waals surface area (Å²) in [7, 11) is 0. The minimum Gasteiger partial charge on any atom is -0.335 e. The van der Waals surface area contributed by atoms with Crippen molar-refractivity contribution < 1.29 is 9.59 Å². The highest BCUT2D eigenvalue weighted by Gasteiger charge is 2.40. The first-order valence-electron chi connectivity index (χ1n) is 7.11. The van der Waals surface area contributed by atoms with Crippen LogP contribution >= 0.6 is 11.6 Å². The normalized spacial score (nSPS) is 26.2. The molecular formula is C15H17ClN2O2. The van der Waals surface area contributed by atoms with Gasteiger partial charge in [0.25, 0.3) is 5.91 Å². The lowest BCUT2D eigenvalue weighted by molar-refractivity contribution is -0.121. The zero-order valence-corrected chi connectivity index (χ0v) is 12.0. The predicted octanol–water partition coefficient (Wildman–Crippen LogP) is 2.71. The van der Waals surface area contributed by atoms with E-state index in [-0.39, 0.29) is 17.9 Å². The van der Waals surface area contributed by atoms with E-state index in [4.69, 9.17) is 11.6 Å². The van der Waals surface area contributed by atoms with Gasteiger partial charge in [-0.15, -0.1) is 0 Å². The summed E-state index contributed by atoms with van der Waals surface area (Å²) >= 11 is 6.06. The number of aromatic nitrogens is 1. The van der Waals surface area contributed by atoms with E-state index >= 15 is 0 Å². The summed E-state index contributed by atoms with van der Waals surface area (Å²) in [6.45, 7) is 0.714. The molecule has 0 N–H and O–H groups in total.